The SMILES string of the molecule is CC(C)N(c1ccc2c(ccn2C)c1)c1nc(=O)c2cccnc2s1. The maximum atomic E-state index is 12.4. The van der Waals surface area contributed by atoms with Gasteiger partial charge in [-0.1, -0.05) is 11.3 Å². The Bertz CT molecular complexity index is 1130. The van der Waals surface area contributed by atoms with Crippen LogP contribution in [0.3, 0.4) is 0 Å². The topological polar surface area (TPSA) is 51.0 Å². The van der Waals surface area contributed by atoms with Crippen molar-refractivity contribution in [2.24, 2.45) is 7.05 Å². The van der Waals surface area contributed by atoms with Crippen molar-refractivity contribution in [3.8, 4) is 0 Å². The average molecular weight is 350 g/mol. The van der Waals surface area contributed by atoms with Crippen molar-refractivity contribution < 1.29 is 0 Å². The van der Waals surface area contributed by atoms with Gasteiger partial charge in [-0.2, -0.15) is 4.98 Å². The maximum absolute atomic E-state index is 12.4. The molecule has 0 radical (unpaired) electrons. The highest BCUT2D eigenvalue weighted by Gasteiger charge is 2.18. The van der Waals surface area contributed by atoms with Crippen molar-refractivity contribution in [1.82, 2.24) is 14.5 Å². The highest BCUT2D eigenvalue weighted by atomic mass is 32.1. The molecule has 25 heavy (non-hydrogen) atoms. The number of aromatic nitrogens is 3. The number of aryl methyl sites for hydroxylation is 1. The molecule has 6 heteroatoms. The lowest BCUT2D eigenvalue weighted by Gasteiger charge is -2.27. The van der Waals surface area contributed by atoms with E-state index in [2.05, 4.69) is 57.5 Å². The molecule has 0 fully saturated rings. The molecule has 0 aliphatic heterocycles. The Balaban J connectivity index is 1.90. The summed E-state index contributed by atoms with van der Waals surface area (Å²) >= 11 is 1.44. The molecule has 4 aromatic rings. The van der Waals surface area contributed by atoms with Gasteiger partial charge in [0.05, 0.1) is 5.39 Å². The van der Waals surface area contributed by atoms with E-state index in [0.717, 1.165) is 11.1 Å². The Morgan fingerprint density at radius 1 is 1.20 bits per heavy atom. The summed E-state index contributed by atoms with van der Waals surface area (Å²) in [5.74, 6) is 0. The summed E-state index contributed by atoms with van der Waals surface area (Å²) < 4.78 is 2.09. The Kier molecular flexibility index (Phi) is 3.77. The molecule has 0 saturated heterocycles. The second-order valence-electron chi connectivity index (χ2n) is 6.29. The maximum Gasteiger partial charge on any atom is 0.282 e. The van der Waals surface area contributed by atoms with E-state index in [4.69, 9.17) is 0 Å². The second-order valence-corrected chi connectivity index (χ2v) is 7.25. The number of hydrogen-bond donors (Lipinski definition) is 0. The van der Waals surface area contributed by atoms with E-state index in [1.807, 2.05) is 13.2 Å². The number of fused-ring (bicyclic) bond motifs is 2. The highest BCUT2D eigenvalue weighted by Crippen LogP contribution is 2.33. The van der Waals surface area contributed by atoms with Gasteiger partial charge in [-0.05, 0) is 50.2 Å². The van der Waals surface area contributed by atoms with Gasteiger partial charge in [-0.15, -0.1) is 0 Å². The molecular weight excluding hydrogens is 332 g/mol. The van der Waals surface area contributed by atoms with E-state index in [1.165, 1.54) is 16.9 Å². The largest absolute Gasteiger partial charge is 0.351 e. The van der Waals surface area contributed by atoms with Crippen LogP contribution in [0, 0.1) is 0 Å². The van der Waals surface area contributed by atoms with Crippen LogP contribution < -0.4 is 10.5 Å². The fourth-order valence-electron chi connectivity index (χ4n) is 3.04. The summed E-state index contributed by atoms with van der Waals surface area (Å²) in [6, 6.07) is 12.1. The fraction of sp³-hybridized carbons (Fsp3) is 0.211. The molecule has 3 aromatic heterocycles. The number of nitrogens with zero attached hydrogens (tertiary/aromatic N) is 4. The van der Waals surface area contributed by atoms with Gasteiger partial charge in [0.25, 0.3) is 5.56 Å². The van der Waals surface area contributed by atoms with Crippen LogP contribution >= 0.6 is 11.3 Å². The Morgan fingerprint density at radius 3 is 2.84 bits per heavy atom. The minimum Gasteiger partial charge on any atom is -0.351 e. The molecule has 126 valence electrons. The summed E-state index contributed by atoms with van der Waals surface area (Å²) in [6.07, 6.45) is 3.75. The molecule has 4 rings (SSSR count). The molecule has 0 unspecified atom stereocenters. The standard InChI is InChI=1S/C19H18N4OS/c1-12(2)23(14-6-7-16-13(11-14)8-10-22(16)3)19-21-17(24)15-5-4-9-20-18(15)25-19/h4-12H,1-3H3. The van der Waals surface area contributed by atoms with Gasteiger partial charge in [-0.25, -0.2) is 4.98 Å². The van der Waals surface area contributed by atoms with Crippen LogP contribution in [0.15, 0.2) is 53.6 Å². The fourth-order valence-corrected chi connectivity index (χ4v) is 4.14. The van der Waals surface area contributed by atoms with E-state index in [1.54, 1.807) is 18.3 Å². The molecule has 0 aliphatic carbocycles. The van der Waals surface area contributed by atoms with Crippen molar-refractivity contribution in [3.05, 3.63) is 59.1 Å². The van der Waals surface area contributed by atoms with Crippen molar-refractivity contribution in [1.29, 1.82) is 0 Å². The predicted octanol–water partition coefficient (Wildman–Crippen LogP) is 4.09. The van der Waals surface area contributed by atoms with Crippen molar-refractivity contribution >= 4 is 43.3 Å². The summed E-state index contributed by atoms with van der Waals surface area (Å²) in [4.78, 5) is 23.9. The van der Waals surface area contributed by atoms with Gasteiger partial charge in [0.1, 0.15) is 4.83 Å². The lowest BCUT2D eigenvalue weighted by atomic mass is 10.2. The molecule has 0 atom stereocenters. The van der Waals surface area contributed by atoms with Crippen molar-refractivity contribution in [2.45, 2.75) is 19.9 Å². The van der Waals surface area contributed by atoms with Gasteiger partial charge < -0.3 is 9.47 Å². The van der Waals surface area contributed by atoms with Gasteiger partial charge in [0.15, 0.2) is 5.13 Å². The van der Waals surface area contributed by atoms with E-state index in [0.29, 0.717) is 15.3 Å². The molecule has 0 N–H and O–H groups in total. The third-order valence-corrected chi connectivity index (χ3v) is 5.25. The van der Waals surface area contributed by atoms with Crippen molar-refractivity contribution in [2.75, 3.05) is 4.90 Å². The number of pyridine rings is 1. The summed E-state index contributed by atoms with van der Waals surface area (Å²) in [5.41, 5.74) is 1.96. The molecule has 0 saturated carbocycles. The summed E-state index contributed by atoms with van der Waals surface area (Å²) in [6.45, 7) is 4.19. The molecule has 0 bridgehead atoms. The average Bonchev–Trinajstić information content (AvgIpc) is 2.95. The normalized spacial score (nSPS) is 11.5. The minimum atomic E-state index is -0.233. The number of rotatable bonds is 3. The van der Waals surface area contributed by atoms with Gasteiger partial charge in [-0.3, -0.25) is 4.79 Å². The van der Waals surface area contributed by atoms with Crippen LogP contribution in [-0.4, -0.2) is 20.6 Å². The lowest BCUT2D eigenvalue weighted by Crippen LogP contribution is -2.27. The van der Waals surface area contributed by atoms with Crippen molar-refractivity contribution in [3.63, 3.8) is 0 Å². The van der Waals surface area contributed by atoms with Crippen LogP contribution in [0.1, 0.15) is 13.8 Å². The van der Waals surface area contributed by atoms with E-state index >= 15 is 0 Å². The van der Waals surface area contributed by atoms with Gasteiger partial charge in [0, 0.05) is 42.1 Å². The molecule has 0 spiro atoms. The zero-order valence-electron chi connectivity index (χ0n) is 14.3. The highest BCUT2D eigenvalue weighted by molar-refractivity contribution is 7.21. The summed E-state index contributed by atoms with van der Waals surface area (Å²) in [5, 5.41) is 2.40. The third kappa shape index (κ3) is 2.68. The van der Waals surface area contributed by atoms with Gasteiger partial charge >= 0.3 is 0 Å². The number of anilines is 2. The van der Waals surface area contributed by atoms with E-state index in [9.17, 15) is 4.79 Å². The zero-order chi connectivity index (χ0) is 17.6. The monoisotopic (exact) mass is 350 g/mol. The Hall–Kier alpha value is -2.73. The predicted molar refractivity (Wildman–Crippen MR) is 104 cm³/mol. The molecule has 0 amide bonds. The molecule has 5 nitrogen and oxygen atoms in total. The van der Waals surface area contributed by atoms with Gasteiger partial charge in [0.2, 0.25) is 0 Å². The first-order valence-corrected chi connectivity index (χ1v) is 8.96. The Morgan fingerprint density at radius 2 is 2.04 bits per heavy atom. The first kappa shape index (κ1) is 15.8. The third-order valence-electron chi connectivity index (χ3n) is 4.26. The van der Waals surface area contributed by atoms with Crippen LogP contribution in [0.2, 0.25) is 0 Å². The van der Waals surface area contributed by atoms with E-state index in [-0.39, 0.29) is 11.6 Å². The second kappa shape index (κ2) is 5.97. The Labute approximate surface area is 149 Å². The first-order chi connectivity index (χ1) is 12.0. The quantitative estimate of drug-likeness (QED) is 0.558. The first-order valence-electron chi connectivity index (χ1n) is 8.15. The molecular formula is C19H18N4OS. The molecule has 1 aromatic carbocycles. The molecule has 3 heterocycles. The van der Waals surface area contributed by atoms with Crippen LogP contribution in [-0.2, 0) is 7.05 Å². The van der Waals surface area contributed by atoms with Crippen LogP contribution in [0.25, 0.3) is 21.1 Å². The minimum absolute atomic E-state index is 0.158. The summed E-state index contributed by atoms with van der Waals surface area (Å²) in [7, 11) is 2.03. The van der Waals surface area contributed by atoms with Crippen LogP contribution in [0.4, 0.5) is 10.8 Å². The number of hydrogen-bond acceptors (Lipinski definition) is 5. The lowest BCUT2D eigenvalue weighted by molar-refractivity contribution is 0.784. The smallest absolute Gasteiger partial charge is 0.282 e. The zero-order valence-corrected chi connectivity index (χ0v) is 15.1. The molecule has 0 aliphatic rings. The van der Waals surface area contributed by atoms with Crippen LogP contribution in [0.5, 0.6) is 0 Å². The van der Waals surface area contributed by atoms with E-state index < -0.39 is 0 Å². The number of benzene rings is 1.